The molecule has 0 aliphatic heterocycles. The van der Waals surface area contributed by atoms with Gasteiger partial charge in [-0.1, -0.05) is 30.0 Å². The van der Waals surface area contributed by atoms with E-state index in [-0.39, 0.29) is 10.8 Å². The molecule has 5 rings (SSSR count). The van der Waals surface area contributed by atoms with Crippen molar-refractivity contribution in [2.75, 3.05) is 0 Å². The van der Waals surface area contributed by atoms with Crippen LogP contribution in [0.1, 0.15) is 11.6 Å². The van der Waals surface area contributed by atoms with Crippen LogP contribution in [0, 0.1) is 0 Å². The molecule has 3 heterocycles. The van der Waals surface area contributed by atoms with Gasteiger partial charge in [0.2, 0.25) is 5.82 Å². The zero-order valence-electron chi connectivity index (χ0n) is 16.8. The molecule has 0 amide bonds. The molecule has 0 aliphatic rings. The van der Waals surface area contributed by atoms with E-state index in [9.17, 15) is 13.2 Å². The molecule has 0 aliphatic carbocycles. The van der Waals surface area contributed by atoms with E-state index in [4.69, 9.17) is 4.74 Å². The lowest BCUT2D eigenvalue weighted by Crippen LogP contribution is -2.13. The third-order valence-electron chi connectivity index (χ3n) is 4.55. The molecule has 0 saturated carbocycles. The normalized spacial score (nSPS) is 11.7. The van der Waals surface area contributed by atoms with E-state index < -0.39 is 12.0 Å². The Labute approximate surface area is 189 Å². The van der Waals surface area contributed by atoms with Gasteiger partial charge in [0.15, 0.2) is 0 Å². The monoisotopic (exact) mass is 468 g/mol. The fourth-order valence-electron chi connectivity index (χ4n) is 3.08. The predicted octanol–water partition coefficient (Wildman–Crippen LogP) is 5.64. The van der Waals surface area contributed by atoms with Crippen LogP contribution in [0.4, 0.5) is 13.2 Å². The predicted molar refractivity (Wildman–Crippen MR) is 116 cm³/mol. The lowest BCUT2D eigenvalue weighted by Gasteiger charge is -2.10. The second kappa shape index (κ2) is 8.58. The van der Waals surface area contributed by atoms with Crippen molar-refractivity contribution in [3.05, 3.63) is 85.0 Å². The number of nitrogens with zero attached hydrogens (tertiary/aromatic N) is 5. The Bertz CT molecular complexity index is 1390. The minimum absolute atomic E-state index is 0.0876. The van der Waals surface area contributed by atoms with E-state index >= 15 is 0 Å². The standard InChI is InChI=1S/C22H15F3N6OS/c23-22(24,25)21-29-19(31-9-8-26-13-31)11-20(30-21)33-12-18-27-16-7-6-15(10-17(16)28-18)32-14-4-2-1-3-5-14/h1-11,13H,12H2,(H,27,28). The number of hydrogen-bond donors (Lipinski definition) is 1. The van der Waals surface area contributed by atoms with Crippen LogP contribution in [0.5, 0.6) is 11.5 Å². The molecule has 11 heteroatoms. The number of imidazole rings is 2. The molecular weight excluding hydrogens is 453 g/mol. The summed E-state index contributed by atoms with van der Waals surface area (Å²) in [6.45, 7) is 0. The van der Waals surface area contributed by atoms with Crippen molar-refractivity contribution in [2.45, 2.75) is 17.0 Å². The molecule has 0 unspecified atom stereocenters. The summed E-state index contributed by atoms with van der Waals surface area (Å²) < 4.78 is 47.1. The molecule has 0 atom stereocenters. The van der Waals surface area contributed by atoms with Gasteiger partial charge in [-0.05, 0) is 24.3 Å². The SMILES string of the molecule is FC(F)(F)c1nc(SCc2nc3ccc(Oc4ccccc4)cc3[nH]2)cc(-n2ccnc2)n1. The summed E-state index contributed by atoms with van der Waals surface area (Å²) in [5, 5.41) is 0.176. The van der Waals surface area contributed by atoms with Gasteiger partial charge in [0.1, 0.15) is 34.5 Å². The number of para-hydroxylation sites is 1. The van der Waals surface area contributed by atoms with Gasteiger partial charge in [-0.2, -0.15) is 13.2 Å². The number of halogens is 3. The van der Waals surface area contributed by atoms with Gasteiger partial charge in [0.05, 0.1) is 16.8 Å². The maximum absolute atomic E-state index is 13.3. The lowest BCUT2D eigenvalue weighted by atomic mass is 10.3. The Morgan fingerprint density at radius 3 is 2.58 bits per heavy atom. The van der Waals surface area contributed by atoms with Crippen LogP contribution < -0.4 is 4.74 Å². The summed E-state index contributed by atoms with van der Waals surface area (Å²) in [4.78, 5) is 18.8. The van der Waals surface area contributed by atoms with Crippen molar-refractivity contribution in [1.82, 2.24) is 29.5 Å². The number of benzene rings is 2. The number of nitrogens with one attached hydrogen (secondary N) is 1. The largest absolute Gasteiger partial charge is 0.457 e. The maximum Gasteiger partial charge on any atom is 0.451 e. The molecule has 33 heavy (non-hydrogen) atoms. The molecule has 0 fully saturated rings. The number of alkyl halides is 3. The molecule has 0 bridgehead atoms. The molecule has 0 radical (unpaired) electrons. The first-order valence-corrected chi connectivity index (χ1v) is 10.7. The fourth-order valence-corrected chi connectivity index (χ4v) is 3.84. The van der Waals surface area contributed by atoms with E-state index in [1.54, 1.807) is 0 Å². The number of hydrogen-bond acceptors (Lipinski definition) is 6. The van der Waals surface area contributed by atoms with Crippen LogP contribution in [0.15, 0.2) is 78.3 Å². The summed E-state index contributed by atoms with van der Waals surface area (Å²) in [7, 11) is 0. The Morgan fingerprint density at radius 2 is 1.82 bits per heavy atom. The second-order valence-electron chi connectivity index (χ2n) is 6.92. The van der Waals surface area contributed by atoms with E-state index in [0.29, 0.717) is 23.1 Å². The van der Waals surface area contributed by atoms with Crippen LogP contribution in [0.3, 0.4) is 0 Å². The Kier molecular flexibility index (Phi) is 5.47. The minimum Gasteiger partial charge on any atom is -0.457 e. The van der Waals surface area contributed by atoms with Crippen LogP contribution in [-0.4, -0.2) is 29.5 Å². The van der Waals surface area contributed by atoms with Crippen molar-refractivity contribution in [1.29, 1.82) is 0 Å². The van der Waals surface area contributed by atoms with E-state index in [2.05, 4.69) is 24.9 Å². The number of aromatic amines is 1. The van der Waals surface area contributed by atoms with Crippen molar-refractivity contribution >= 4 is 22.8 Å². The first-order valence-electron chi connectivity index (χ1n) is 9.73. The number of H-pyrrole nitrogens is 1. The quantitative estimate of drug-likeness (QED) is 0.257. The molecule has 5 aromatic rings. The number of rotatable bonds is 6. The Morgan fingerprint density at radius 1 is 0.970 bits per heavy atom. The Hall–Kier alpha value is -3.86. The molecule has 3 aromatic heterocycles. The number of thioether (sulfide) groups is 1. The van der Waals surface area contributed by atoms with Crippen LogP contribution >= 0.6 is 11.8 Å². The average Bonchev–Trinajstić information content (AvgIpc) is 3.47. The summed E-state index contributed by atoms with van der Waals surface area (Å²) in [6.07, 6.45) is -0.302. The first-order chi connectivity index (χ1) is 15.9. The van der Waals surface area contributed by atoms with Crippen molar-refractivity contribution in [3.63, 3.8) is 0 Å². The topological polar surface area (TPSA) is 81.5 Å². The fraction of sp³-hybridized carbons (Fsp3) is 0.0909. The number of ether oxygens (including phenoxy) is 1. The van der Waals surface area contributed by atoms with E-state index in [1.165, 1.54) is 29.4 Å². The zero-order chi connectivity index (χ0) is 22.8. The molecule has 7 nitrogen and oxygen atoms in total. The highest BCUT2D eigenvalue weighted by atomic mass is 32.2. The highest BCUT2D eigenvalue weighted by Crippen LogP contribution is 2.31. The minimum atomic E-state index is -4.67. The smallest absolute Gasteiger partial charge is 0.451 e. The van der Waals surface area contributed by atoms with Gasteiger partial charge < -0.3 is 9.72 Å². The van der Waals surface area contributed by atoms with Crippen molar-refractivity contribution in [3.8, 4) is 17.3 Å². The molecule has 2 aromatic carbocycles. The average molecular weight is 468 g/mol. The Balaban J connectivity index is 1.36. The van der Waals surface area contributed by atoms with Gasteiger partial charge >= 0.3 is 6.18 Å². The van der Waals surface area contributed by atoms with Crippen LogP contribution in [-0.2, 0) is 11.9 Å². The van der Waals surface area contributed by atoms with E-state index in [1.807, 2.05) is 48.5 Å². The van der Waals surface area contributed by atoms with E-state index in [0.717, 1.165) is 22.8 Å². The second-order valence-corrected chi connectivity index (χ2v) is 7.92. The van der Waals surface area contributed by atoms with Crippen molar-refractivity contribution < 1.29 is 17.9 Å². The van der Waals surface area contributed by atoms with Gasteiger partial charge in [-0.25, -0.2) is 19.9 Å². The third-order valence-corrected chi connectivity index (χ3v) is 5.47. The zero-order valence-corrected chi connectivity index (χ0v) is 17.6. The summed E-state index contributed by atoms with van der Waals surface area (Å²) >= 11 is 1.13. The highest BCUT2D eigenvalue weighted by Gasteiger charge is 2.35. The third kappa shape index (κ3) is 4.82. The number of aromatic nitrogens is 6. The van der Waals surface area contributed by atoms with Crippen LogP contribution in [0.25, 0.3) is 16.9 Å². The molecule has 1 N–H and O–H groups in total. The van der Waals surface area contributed by atoms with Gasteiger partial charge in [-0.3, -0.25) is 4.57 Å². The summed E-state index contributed by atoms with van der Waals surface area (Å²) in [5.74, 6) is 1.13. The highest BCUT2D eigenvalue weighted by molar-refractivity contribution is 7.98. The lowest BCUT2D eigenvalue weighted by molar-refractivity contribution is -0.145. The molecule has 0 spiro atoms. The van der Waals surface area contributed by atoms with Gasteiger partial charge in [-0.15, -0.1) is 0 Å². The van der Waals surface area contributed by atoms with Gasteiger partial charge in [0, 0.05) is 24.5 Å². The van der Waals surface area contributed by atoms with Crippen LogP contribution in [0.2, 0.25) is 0 Å². The molecule has 0 saturated heterocycles. The van der Waals surface area contributed by atoms with Gasteiger partial charge in [0.25, 0.3) is 0 Å². The first kappa shape index (κ1) is 21.0. The summed E-state index contributed by atoms with van der Waals surface area (Å²) in [6, 6.07) is 16.3. The molecule has 166 valence electrons. The maximum atomic E-state index is 13.3. The molecular formula is C22H15F3N6OS. The summed E-state index contributed by atoms with van der Waals surface area (Å²) in [5.41, 5.74) is 1.49. The van der Waals surface area contributed by atoms with Crippen molar-refractivity contribution in [2.24, 2.45) is 0 Å². The number of fused-ring (bicyclic) bond motifs is 1.